The van der Waals surface area contributed by atoms with Gasteiger partial charge >= 0.3 is 0 Å². The Labute approximate surface area is 309 Å². The van der Waals surface area contributed by atoms with Crippen LogP contribution in [0.25, 0.3) is 105 Å². The molecule has 7 aromatic carbocycles. The fourth-order valence-corrected chi connectivity index (χ4v) is 7.75. The first-order valence-corrected chi connectivity index (χ1v) is 18.0. The second-order valence-electron chi connectivity index (χ2n) is 13.5. The molecule has 6 nitrogen and oxygen atoms in total. The van der Waals surface area contributed by atoms with Gasteiger partial charge in [0.05, 0.1) is 11.0 Å². The van der Waals surface area contributed by atoms with Crippen molar-refractivity contribution < 1.29 is 4.42 Å². The van der Waals surface area contributed by atoms with Gasteiger partial charge in [0.2, 0.25) is 0 Å². The number of hydrogen-bond acceptors (Lipinski definition) is 5. The monoisotopic (exact) mass is 691 g/mol. The van der Waals surface area contributed by atoms with E-state index in [-0.39, 0.29) is 0 Å². The lowest BCUT2D eigenvalue weighted by atomic mass is 10.00. The molecule has 0 unspecified atom stereocenters. The van der Waals surface area contributed by atoms with E-state index < -0.39 is 0 Å². The highest BCUT2D eigenvalue weighted by Crippen LogP contribution is 2.37. The van der Waals surface area contributed by atoms with Crippen molar-refractivity contribution in [2.45, 2.75) is 0 Å². The molecule has 0 atom stereocenters. The van der Waals surface area contributed by atoms with Gasteiger partial charge in [0.25, 0.3) is 0 Å². The molecule has 6 heteroatoms. The summed E-state index contributed by atoms with van der Waals surface area (Å²) in [7, 11) is 0. The number of aromatic nitrogens is 5. The molecule has 11 rings (SSSR count). The Morgan fingerprint density at radius 3 is 1.78 bits per heavy atom. The first-order valence-electron chi connectivity index (χ1n) is 18.0. The number of benzene rings is 7. The van der Waals surface area contributed by atoms with Gasteiger partial charge in [0.1, 0.15) is 11.2 Å². The van der Waals surface area contributed by atoms with Crippen molar-refractivity contribution in [3.63, 3.8) is 0 Å². The number of furan rings is 1. The van der Waals surface area contributed by atoms with Gasteiger partial charge in [-0.25, -0.2) is 15.0 Å². The van der Waals surface area contributed by atoms with Crippen molar-refractivity contribution in [2.75, 3.05) is 0 Å². The molecule has 0 aliphatic carbocycles. The minimum Gasteiger partial charge on any atom is -0.456 e. The Morgan fingerprint density at radius 2 is 1.04 bits per heavy atom. The van der Waals surface area contributed by atoms with Crippen LogP contribution in [0, 0.1) is 0 Å². The molecule has 0 N–H and O–H groups in total. The number of pyridine rings is 1. The largest absolute Gasteiger partial charge is 0.456 e. The maximum atomic E-state index is 6.22. The van der Waals surface area contributed by atoms with Gasteiger partial charge in [-0.05, 0) is 76.5 Å². The Kier molecular flexibility index (Phi) is 6.75. The lowest BCUT2D eigenvalue weighted by molar-refractivity contribution is 0.668. The van der Waals surface area contributed by atoms with Crippen LogP contribution >= 0.6 is 0 Å². The molecule has 4 heterocycles. The molecule has 0 saturated carbocycles. The molecular weight excluding hydrogens is 663 g/mol. The maximum absolute atomic E-state index is 6.22. The van der Waals surface area contributed by atoms with Crippen molar-refractivity contribution in [1.29, 1.82) is 0 Å². The van der Waals surface area contributed by atoms with Gasteiger partial charge in [-0.3, -0.25) is 4.98 Å². The molecule has 0 saturated heterocycles. The lowest BCUT2D eigenvalue weighted by Crippen LogP contribution is -2.01. The summed E-state index contributed by atoms with van der Waals surface area (Å²) in [5.74, 6) is 1.75. The number of nitrogens with zero attached hydrogens (tertiary/aromatic N) is 5. The highest BCUT2D eigenvalue weighted by atomic mass is 16.3. The van der Waals surface area contributed by atoms with Crippen molar-refractivity contribution >= 4 is 54.5 Å². The van der Waals surface area contributed by atoms with E-state index in [9.17, 15) is 0 Å². The molecule has 252 valence electrons. The van der Waals surface area contributed by atoms with E-state index in [1.165, 1.54) is 32.6 Å². The summed E-state index contributed by atoms with van der Waals surface area (Å²) in [6.07, 6.45) is 3.58. The standard InChI is InChI=1S/C48H29N5O/c1-2-9-34-28-35(21-18-30(34)8-1)31-16-19-32(20-17-31)46-50-47(52-48(51-46)39-12-7-15-44-45(39)40-29-49-27-26-43(40)54-44)33-22-24-36(25-23-33)53-41-13-5-3-10-37(41)38-11-4-6-14-42(38)53/h1-29H. The van der Waals surface area contributed by atoms with Crippen molar-refractivity contribution in [2.24, 2.45) is 0 Å². The van der Waals surface area contributed by atoms with E-state index in [0.29, 0.717) is 17.5 Å². The summed E-state index contributed by atoms with van der Waals surface area (Å²) in [4.78, 5) is 19.8. The van der Waals surface area contributed by atoms with E-state index in [1.807, 2.05) is 30.5 Å². The summed E-state index contributed by atoms with van der Waals surface area (Å²) < 4.78 is 8.54. The Balaban J connectivity index is 1.05. The van der Waals surface area contributed by atoms with Crippen LogP contribution in [0.3, 0.4) is 0 Å². The SMILES string of the molecule is c1ccc2cc(-c3ccc(-c4nc(-c5ccc(-n6c7ccccc7c7ccccc76)cc5)nc(-c5cccc6oc7ccncc7c56)n4)cc3)ccc2c1. The fraction of sp³-hybridized carbons (Fsp3) is 0. The first kappa shape index (κ1) is 30.2. The normalized spacial score (nSPS) is 11.7. The third-order valence-corrected chi connectivity index (χ3v) is 10.4. The van der Waals surface area contributed by atoms with Crippen LogP contribution < -0.4 is 0 Å². The molecule has 0 radical (unpaired) electrons. The van der Waals surface area contributed by atoms with Gasteiger partial charge in [-0.1, -0.05) is 109 Å². The molecule has 0 amide bonds. The average molecular weight is 692 g/mol. The zero-order chi connectivity index (χ0) is 35.6. The maximum Gasteiger partial charge on any atom is 0.164 e. The summed E-state index contributed by atoms with van der Waals surface area (Å²) in [5.41, 5.74) is 9.86. The van der Waals surface area contributed by atoms with Crippen molar-refractivity contribution in [3.05, 3.63) is 176 Å². The molecule has 4 aromatic heterocycles. The van der Waals surface area contributed by atoms with Gasteiger partial charge < -0.3 is 8.98 Å². The zero-order valence-electron chi connectivity index (χ0n) is 28.9. The predicted molar refractivity (Wildman–Crippen MR) is 218 cm³/mol. The van der Waals surface area contributed by atoms with Crippen LogP contribution in [-0.4, -0.2) is 24.5 Å². The minimum absolute atomic E-state index is 0.567. The molecule has 54 heavy (non-hydrogen) atoms. The Morgan fingerprint density at radius 1 is 0.426 bits per heavy atom. The highest BCUT2D eigenvalue weighted by molar-refractivity contribution is 6.11. The second kappa shape index (κ2) is 12.1. The van der Waals surface area contributed by atoms with E-state index in [0.717, 1.165) is 55.4 Å². The van der Waals surface area contributed by atoms with Crippen LogP contribution in [0.5, 0.6) is 0 Å². The van der Waals surface area contributed by atoms with Gasteiger partial charge in [0.15, 0.2) is 17.5 Å². The van der Waals surface area contributed by atoms with Gasteiger partial charge in [0, 0.05) is 56.3 Å². The van der Waals surface area contributed by atoms with Crippen molar-refractivity contribution in [3.8, 4) is 51.0 Å². The van der Waals surface area contributed by atoms with Crippen LogP contribution in [-0.2, 0) is 0 Å². The first-order chi connectivity index (χ1) is 26.7. The number of hydrogen-bond donors (Lipinski definition) is 0. The van der Waals surface area contributed by atoms with Crippen LogP contribution in [0.15, 0.2) is 181 Å². The third kappa shape index (κ3) is 4.89. The number of para-hydroxylation sites is 2. The van der Waals surface area contributed by atoms with E-state index in [1.54, 1.807) is 6.20 Å². The molecule has 0 spiro atoms. The van der Waals surface area contributed by atoms with Crippen LogP contribution in [0.1, 0.15) is 0 Å². The summed E-state index contributed by atoms with van der Waals surface area (Å²) in [5, 5.41) is 6.74. The van der Waals surface area contributed by atoms with E-state index in [2.05, 4.69) is 149 Å². The van der Waals surface area contributed by atoms with E-state index in [4.69, 9.17) is 19.4 Å². The molecular formula is C48H29N5O. The quantitative estimate of drug-likeness (QED) is 0.180. The van der Waals surface area contributed by atoms with Gasteiger partial charge in [-0.2, -0.15) is 0 Å². The van der Waals surface area contributed by atoms with E-state index >= 15 is 0 Å². The summed E-state index contributed by atoms with van der Waals surface area (Å²) in [6.45, 7) is 0. The predicted octanol–water partition coefficient (Wildman–Crippen LogP) is 12.1. The summed E-state index contributed by atoms with van der Waals surface area (Å²) in [6, 6.07) is 56.9. The fourth-order valence-electron chi connectivity index (χ4n) is 7.75. The van der Waals surface area contributed by atoms with Crippen LogP contribution in [0.4, 0.5) is 0 Å². The average Bonchev–Trinajstić information content (AvgIpc) is 3.80. The molecule has 11 aromatic rings. The van der Waals surface area contributed by atoms with Gasteiger partial charge in [-0.15, -0.1) is 0 Å². The molecule has 0 bridgehead atoms. The number of rotatable bonds is 5. The Hall–Kier alpha value is -7.44. The topological polar surface area (TPSA) is 69.6 Å². The molecule has 0 fully saturated rings. The Bertz CT molecular complexity index is 3160. The minimum atomic E-state index is 0.567. The van der Waals surface area contributed by atoms with Crippen molar-refractivity contribution in [1.82, 2.24) is 24.5 Å². The zero-order valence-corrected chi connectivity index (χ0v) is 28.9. The molecule has 0 aliphatic heterocycles. The number of fused-ring (bicyclic) bond motifs is 7. The highest BCUT2D eigenvalue weighted by Gasteiger charge is 2.19. The summed E-state index contributed by atoms with van der Waals surface area (Å²) >= 11 is 0. The smallest absolute Gasteiger partial charge is 0.164 e. The molecule has 0 aliphatic rings. The van der Waals surface area contributed by atoms with Crippen LogP contribution in [0.2, 0.25) is 0 Å². The lowest BCUT2D eigenvalue weighted by Gasteiger charge is -2.11. The third-order valence-electron chi connectivity index (χ3n) is 10.4. The second-order valence-corrected chi connectivity index (χ2v) is 13.5.